The van der Waals surface area contributed by atoms with Crippen molar-refractivity contribution >= 4 is 40.9 Å². The van der Waals surface area contributed by atoms with E-state index in [4.69, 9.17) is 21.1 Å². The van der Waals surface area contributed by atoms with Crippen LogP contribution in [0.4, 0.5) is 11.4 Å². The summed E-state index contributed by atoms with van der Waals surface area (Å²) in [5.74, 6) is -0.449. The van der Waals surface area contributed by atoms with Gasteiger partial charge in [-0.2, -0.15) is 0 Å². The third kappa shape index (κ3) is 4.92. The van der Waals surface area contributed by atoms with E-state index < -0.39 is 15.8 Å². The van der Waals surface area contributed by atoms with Gasteiger partial charge >= 0.3 is 5.97 Å². The number of hydrogen-bond acceptors (Lipinski definition) is 8. The number of aliphatic imine (C=N–C) groups is 1. The summed E-state index contributed by atoms with van der Waals surface area (Å²) < 4.78 is 11.0. The highest BCUT2D eigenvalue weighted by Crippen LogP contribution is 2.29. The number of ether oxygens (including phenoxy) is 2. The lowest BCUT2D eigenvalue weighted by Crippen LogP contribution is -2.06. The van der Waals surface area contributed by atoms with Crippen LogP contribution in [-0.2, 0) is 16.1 Å². The molecule has 0 unspecified atom stereocenters. The molecule has 170 valence electrons. The summed E-state index contributed by atoms with van der Waals surface area (Å²) in [6.45, 7) is 0.139. The molecule has 0 radical (unpaired) electrons. The second kappa shape index (κ2) is 9.51. The Kier molecular flexibility index (Phi) is 6.33. The fourth-order valence-electron chi connectivity index (χ4n) is 3.07. The van der Waals surface area contributed by atoms with Crippen molar-refractivity contribution < 1.29 is 24.1 Å². The second-order valence-electron chi connectivity index (χ2n) is 7.01. The van der Waals surface area contributed by atoms with Crippen LogP contribution in [0.25, 0.3) is 6.08 Å². The molecule has 11 heteroatoms. The molecule has 0 saturated carbocycles. The summed E-state index contributed by atoms with van der Waals surface area (Å²) in [5.41, 5.74) is 1.09. The maximum Gasteiger partial charge on any atom is 0.363 e. The van der Waals surface area contributed by atoms with Gasteiger partial charge in [0.2, 0.25) is 5.90 Å². The highest BCUT2D eigenvalue weighted by atomic mass is 35.5. The molecule has 3 aromatic rings. The fraction of sp³-hybridized carbons (Fsp3) is 0.0435. The van der Waals surface area contributed by atoms with Crippen LogP contribution in [0.2, 0.25) is 5.02 Å². The van der Waals surface area contributed by atoms with Crippen molar-refractivity contribution in [2.45, 2.75) is 6.61 Å². The third-order valence-electron chi connectivity index (χ3n) is 4.76. The number of carbonyl (C=O) groups is 1. The normalized spacial score (nSPS) is 14.0. The maximum atomic E-state index is 12.4. The highest BCUT2D eigenvalue weighted by Gasteiger charge is 2.27. The van der Waals surface area contributed by atoms with Crippen LogP contribution in [0.3, 0.4) is 0 Å². The van der Waals surface area contributed by atoms with Crippen molar-refractivity contribution in [2.24, 2.45) is 4.99 Å². The summed E-state index contributed by atoms with van der Waals surface area (Å²) in [4.78, 5) is 37.3. The Morgan fingerprint density at radius 2 is 1.65 bits per heavy atom. The molecule has 4 rings (SSSR count). The molecular formula is C23H14ClN3O7. The molecular weight excluding hydrogens is 466 g/mol. The zero-order valence-electron chi connectivity index (χ0n) is 17.2. The first kappa shape index (κ1) is 22.6. The predicted molar refractivity (Wildman–Crippen MR) is 123 cm³/mol. The Morgan fingerprint density at radius 1 is 0.971 bits per heavy atom. The van der Waals surface area contributed by atoms with Gasteiger partial charge in [-0.05, 0) is 35.9 Å². The van der Waals surface area contributed by atoms with E-state index in [0.717, 1.165) is 0 Å². The molecule has 1 heterocycles. The number of rotatable bonds is 7. The Hall–Kier alpha value is -4.57. The number of hydrogen-bond donors (Lipinski definition) is 0. The van der Waals surface area contributed by atoms with Crippen LogP contribution >= 0.6 is 11.6 Å². The number of nitro groups is 2. The van der Waals surface area contributed by atoms with E-state index in [1.54, 1.807) is 36.4 Å². The average molecular weight is 480 g/mol. The molecule has 0 spiro atoms. The van der Waals surface area contributed by atoms with Gasteiger partial charge in [0, 0.05) is 29.8 Å². The average Bonchev–Trinajstić information content (AvgIpc) is 3.18. The Balaban J connectivity index is 1.58. The van der Waals surface area contributed by atoms with E-state index >= 15 is 0 Å². The Labute approximate surface area is 197 Å². The third-order valence-corrected chi connectivity index (χ3v) is 5.09. The van der Waals surface area contributed by atoms with Gasteiger partial charge in [0.1, 0.15) is 12.4 Å². The van der Waals surface area contributed by atoms with E-state index in [2.05, 4.69) is 4.99 Å². The number of cyclic esters (lactones) is 1. The molecule has 34 heavy (non-hydrogen) atoms. The zero-order valence-corrected chi connectivity index (χ0v) is 18.0. The zero-order chi connectivity index (χ0) is 24.2. The molecule has 0 bridgehead atoms. The molecule has 1 aliphatic rings. The molecule has 0 atom stereocenters. The summed E-state index contributed by atoms with van der Waals surface area (Å²) in [5, 5.41) is 22.0. The Bertz CT molecular complexity index is 1370. The standard InChI is InChI=1S/C23H14ClN3O7/c24-19-10-9-17(27(31)32)12-18(19)22-25-20(23(28)34-22)11-15-3-1-2-4-21(15)33-13-14-5-7-16(8-6-14)26(29)30/h1-12H,13H2/b20-11-. The van der Waals surface area contributed by atoms with Gasteiger partial charge in [-0.25, -0.2) is 9.79 Å². The van der Waals surface area contributed by atoms with Crippen LogP contribution in [0.1, 0.15) is 16.7 Å². The second-order valence-corrected chi connectivity index (χ2v) is 7.41. The van der Waals surface area contributed by atoms with Crippen LogP contribution in [0.15, 0.2) is 77.4 Å². The maximum absolute atomic E-state index is 12.4. The first-order valence-electron chi connectivity index (χ1n) is 9.74. The lowest BCUT2D eigenvalue weighted by molar-refractivity contribution is -0.385. The molecule has 1 aliphatic heterocycles. The van der Waals surface area contributed by atoms with Gasteiger partial charge < -0.3 is 9.47 Å². The van der Waals surface area contributed by atoms with Gasteiger partial charge in [-0.1, -0.05) is 29.8 Å². The lowest BCUT2D eigenvalue weighted by atomic mass is 10.1. The smallest absolute Gasteiger partial charge is 0.363 e. The number of esters is 1. The molecule has 0 aromatic heterocycles. The molecule has 0 fully saturated rings. The number of carbonyl (C=O) groups excluding carboxylic acids is 1. The van der Waals surface area contributed by atoms with Crippen molar-refractivity contribution in [1.82, 2.24) is 0 Å². The number of nitrogens with zero attached hydrogens (tertiary/aromatic N) is 3. The summed E-state index contributed by atoms with van der Waals surface area (Å²) in [7, 11) is 0. The first-order valence-corrected chi connectivity index (χ1v) is 10.1. The molecule has 10 nitrogen and oxygen atoms in total. The van der Waals surface area contributed by atoms with Crippen LogP contribution < -0.4 is 4.74 Å². The van der Waals surface area contributed by atoms with Crippen molar-refractivity contribution in [1.29, 1.82) is 0 Å². The Morgan fingerprint density at radius 3 is 2.35 bits per heavy atom. The van der Waals surface area contributed by atoms with E-state index in [1.165, 1.54) is 36.4 Å². The van der Waals surface area contributed by atoms with E-state index in [-0.39, 0.29) is 40.2 Å². The van der Waals surface area contributed by atoms with Crippen molar-refractivity contribution in [3.8, 4) is 5.75 Å². The highest BCUT2D eigenvalue weighted by molar-refractivity contribution is 6.34. The number of halogens is 1. The molecule has 0 amide bonds. The SMILES string of the molecule is O=C1OC(c2cc([N+](=O)[O-])ccc2Cl)=N/C1=C\c1ccccc1OCc1ccc([N+](=O)[O-])cc1. The molecule has 3 aromatic carbocycles. The quantitative estimate of drug-likeness (QED) is 0.199. The minimum absolute atomic E-state index is 0.0221. The summed E-state index contributed by atoms with van der Waals surface area (Å²) >= 11 is 6.12. The summed E-state index contributed by atoms with van der Waals surface area (Å²) in [6.07, 6.45) is 1.46. The molecule has 0 saturated heterocycles. The number of non-ortho nitro benzene ring substituents is 2. The first-order chi connectivity index (χ1) is 16.3. The van der Waals surface area contributed by atoms with Gasteiger partial charge in [-0.15, -0.1) is 0 Å². The largest absolute Gasteiger partial charge is 0.488 e. The van der Waals surface area contributed by atoms with E-state index in [1.807, 2.05) is 0 Å². The van der Waals surface area contributed by atoms with Crippen molar-refractivity contribution in [3.63, 3.8) is 0 Å². The fourth-order valence-corrected chi connectivity index (χ4v) is 3.27. The number of para-hydroxylation sites is 1. The summed E-state index contributed by atoms with van der Waals surface area (Å²) in [6, 6.07) is 16.6. The van der Waals surface area contributed by atoms with Gasteiger partial charge in [-0.3, -0.25) is 20.2 Å². The molecule has 0 aliphatic carbocycles. The van der Waals surface area contributed by atoms with Gasteiger partial charge in [0.25, 0.3) is 11.4 Å². The topological polar surface area (TPSA) is 134 Å². The van der Waals surface area contributed by atoms with Gasteiger partial charge in [0.05, 0.1) is 20.4 Å². The minimum atomic E-state index is -0.747. The van der Waals surface area contributed by atoms with Crippen LogP contribution in [0, 0.1) is 20.2 Å². The number of benzene rings is 3. The van der Waals surface area contributed by atoms with Crippen LogP contribution in [0.5, 0.6) is 5.75 Å². The predicted octanol–water partition coefficient (Wildman–Crippen LogP) is 5.08. The lowest BCUT2D eigenvalue weighted by Gasteiger charge is -2.09. The van der Waals surface area contributed by atoms with Crippen molar-refractivity contribution in [2.75, 3.05) is 0 Å². The van der Waals surface area contributed by atoms with E-state index in [9.17, 15) is 25.0 Å². The number of nitro benzene ring substituents is 2. The van der Waals surface area contributed by atoms with E-state index in [0.29, 0.717) is 16.9 Å². The van der Waals surface area contributed by atoms with Crippen molar-refractivity contribution in [3.05, 3.63) is 114 Å². The van der Waals surface area contributed by atoms with Gasteiger partial charge in [0.15, 0.2) is 5.70 Å². The monoisotopic (exact) mass is 479 g/mol. The minimum Gasteiger partial charge on any atom is -0.488 e. The molecule has 0 N–H and O–H groups in total. The van der Waals surface area contributed by atoms with Crippen LogP contribution in [-0.4, -0.2) is 21.7 Å².